The first-order valence-corrected chi connectivity index (χ1v) is 14.4. The Morgan fingerprint density at radius 2 is 1.80 bits per heavy atom. The summed E-state index contributed by atoms with van der Waals surface area (Å²) in [4.78, 5) is 31.9. The predicted octanol–water partition coefficient (Wildman–Crippen LogP) is 6.59. The van der Waals surface area contributed by atoms with Crippen LogP contribution in [0.15, 0.2) is 72.9 Å². The smallest absolute Gasteiger partial charge is 0.418 e. The molecule has 2 aliphatic rings. The number of rotatable bonds is 10. The van der Waals surface area contributed by atoms with Crippen LogP contribution in [0.4, 0.5) is 18.0 Å². The van der Waals surface area contributed by atoms with Crippen LogP contribution in [-0.2, 0) is 22.9 Å². The van der Waals surface area contributed by atoms with Gasteiger partial charge in [0.25, 0.3) is 5.91 Å². The number of pyridine rings is 1. The van der Waals surface area contributed by atoms with Gasteiger partial charge < -0.3 is 19.5 Å². The summed E-state index contributed by atoms with van der Waals surface area (Å²) in [5.41, 5.74) is 0.0197. The van der Waals surface area contributed by atoms with Crippen LogP contribution in [-0.4, -0.2) is 41.8 Å². The van der Waals surface area contributed by atoms with Crippen molar-refractivity contribution in [3.05, 3.63) is 95.2 Å². The fourth-order valence-electron chi connectivity index (χ4n) is 5.76. The lowest BCUT2D eigenvalue weighted by Crippen LogP contribution is -2.43. The molecule has 1 aromatic heterocycles. The van der Waals surface area contributed by atoms with Gasteiger partial charge in [0.05, 0.1) is 17.7 Å². The number of hydrogen-bond acceptors (Lipinski definition) is 6. The highest BCUT2D eigenvalue weighted by Gasteiger charge is 2.51. The first-order valence-electron chi connectivity index (χ1n) is 14.4. The van der Waals surface area contributed by atoms with E-state index in [9.17, 15) is 22.8 Å². The van der Waals surface area contributed by atoms with Crippen LogP contribution in [0.1, 0.15) is 48.4 Å². The third-order valence-corrected chi connectivity index (χ3v) is 8.06. The molecule has 4 aromatic rings. The van der Waals surface area contributed by atoms with Gasteiger partial charge in [-0.3, -0.25) is 14.7 Å². The highest BCUT2D eigenvalue weighted by molar-refractivity contribution is 6.07. The van der Waals surface area contributed by atoms with E-state index in [0.717, 1.165) is 11.6 Å². The zero-order valence-corrected chi connectivity index (χ0v) is 23.9. The molecule has 11 heteroatoms. The maximum atomic E-state index is 13.8. The fourth-order valence-corrected chi connectivity index (χ4v) is 5.76. The zero-order chi connectivity index (χ0) is 30.9. The number of amides is 3. The quantitative estimate of drug-likeness (QED) is 0.162. The van der Waals surface area contributed by atoms with Crippen LogP contribution >= 0.6 is 0 Å². The molecular formula is C33H30F3N3O5. The molecule has 3 aromatic carbocycles. The Kier molecular flexibility index (Phi) is 7.79. The third-order valence-electron chi connectivity index (χ3n) is 8.06. The molecule has 1 N–H and O–H groups in total. The number of fused-ring (bicyclic) bond motifs is 2. The number of nitrogens with one attached hydrogen (secondary N) is 1. The lowest BCUT2D eigenvalue weighted by molar-refractivity contribution is -0.136. The van der Waals surface area contributed by atoms with Gasteiger partial charge >= 0.3 is 12.2 Å². The average molecular weight is 606 g/mol. The predicted molar refractivity (Wildman–Crippen MR) is 156 cm³/mol. The highest BCUT2D eigenvalue weighted by Crippen LogP contribution is 2.40. The van der Waals surface area contributed by atoms with Crippen LogP contribution in [0.5, 0.6) is 17.2 Å². The topological polar surface area (TPSA) is 90.0 Å². The number of halogens is 3. The number of para-hydroxylation sites is 1. The number of aromatic nitrogens is 1. The summed E-state index contributed by atoms with van der Waals surface area (Å²) in [7, 11) is 0. The lowest BCUT2D eigenvalue weighted by Gasteiger charge is -2.26. The maximum Gasteiger partial charge on any atom is 0.418 e. The minimum absolute atomic E-state index is 0.0962. The number of ether oxygens (including phenoxy) is 3. The Hall–Kier alpha value is -4.80. The molecule has 3 heterocycles. The molecule has 228 valence electrons. The molecule has 8 nitrogen and oxygen atoms in total. The number of imide groups is 1. The van der Waals surface area contributed by atoms with Crippen molar-refractivity contribution in [2.45, 2.75) is 44.3 Å². The molecule has 1 fully saturated rings. The van der Waals surface area contributed by atoms with E-state index in [-0.39, 0.29) is 36.8 Å². The van der Waals surface area contributed by atoms with E-state index in [0.29, 0.717) is 54.1 Å². The number of benzene rings is 3. The SMILES string of the molecule is CCC1(c2ccc3c(c2)OCO3)NC(=O)N(CCCCOc2c(Cc3ccccc3)cnc3c(C(F)(F)F)cccc23)C1=O. The number of urea groups is 1. The molecule has 1 atom stereocenters. The molecule has 44 heavy (non-hydrogen) atoms. The van der Waals surface area contributed by atoms with Crippen molar-refractivity contribution < 1.29 is 37.0 Å². The fraction of sp³-hybridized carbons (Fsp3) is 0.303. The first-order chi connectivity index (χ1) is 21.2. The van der Waals surface area contributed by atoms with Crippen molar-refractivity contribution in [1.29, 1.82) is 0 Å². The van der Waals surface area contributed by atoms with Crippen molar-refractivity contribution in [1.82, 2.24) is 15.2 Å². The molecule has 0 bridgehead atoms. The molecular weight excluding hydrogens is 575 g/mol. The standard InChI is InChI=1S/C33H30F3N3O5/c1-2-32(23-13-14-26-27(18-23)44-20-43-26)30(40)39(31(41)38-32)15-6-7-16-42-29-22(17-21-9-4-3-5-10-21)19-37-28-24(29)11-8-12-25(28)33(34,35)36/h3-5,8-14,18-19H,2,6-7,15-17,20H2,1H3,(H,38,41). The van der Waals surface area contributed by atoms with E-state index < -0.39 is 23.3 Å². The summed E-state index contributed by atoms with van der Waals surface area (Å²) < 4.78 is 58.2. The average Bonchev–Trinajstić information content (AvgIpc) is 3.59. The van der Waals surface area contributed by atoms with Crippen molar-refractivity contribution >= 4 is 22.8 Å². The van der Waals surface area contributed by atoms with E-state index in [1.54, 1.807) is 24.3 Å². The van der Waals surface area contributed by atoms with Gasteiger partial charge in [-0.15, -0.1) is 0 Å². The van der Waals surface area contributed by atoms with Gasteiger partial charge in [-0.1, -0.05) is 49.4 Å². The Morgan fingerprint density at radius 3 is 2.57 bits per heavy atom. The van der Waals surface area contributed by atoms with Crippen molar-refractivity contribution in [3.8, 4) is 17.2 Å². The summed E-state index contributed by atoms with van der Waals surface area (Å²) >= 11 is 0. The molecule has 6 rings (SSSR count). The second kappa shape index (κ2) is 11.7. The number of carbonyl (C=O) groups excluding carboxylic acids is 2. The van der Waals surface area contributed by atoms with Crippen molar-refractivity contribution in [2.24, 2.45) is 0 Å². The number of nitrogens with zero attached hydrogens (tertiary/aromatic N) is 2. The third kappa shape index (κ3) is 5.38. The van der Waals surface area contributed by atoms with E-state index in [2.05, 4.69) is 10.3 Å². The van der Waals surface area contributed by atoms with Crippen LogP contribution < -0.4 is 19.5 Å². The minimum atomic E-state index is -4.57. The summed E-state index contributed by atoms with van der Waals surface area (Å²) in [6.45, 7) is 2.25. The first kappa shape index (κ1) is 29.3. The molecule has 0 spiro atoms. The number of alkyl halides is 3. The van der Waals surface area contributed by atoms with Crippen molar-refractivity contribution in [2.75, 3.05) is 19.9 Å². The molecule has 0 aliphatic carbocycles. The van der Waals surface area contributed by atoms with Gasteiger partial charge in [-0.2, -0.15) is 13.2 Å². The van der Waals surface area contributed by atoms with Crippen LogP contribution in [0.25, 0.3) is 10.9 Å². The monoisotopic (exact) mass is 605 g/mol. The summed E-state index contributed by atoms with van der Waals surface area (Å²) in [6.07, 6.45) is -1.47. The molecule has 1 unspecified atom stereocenters. The Bertz CT molecular complexity index is 1710. The molecule has 1 saturated heterocycles. The zero-order valence-electron chi connectivity index (χ0n) is 23.9. The maximum absolute atomic E-state index is 13.8. The Labute approximate surface area is 251 Å². The normalized spacial score (nSPS) is 17.8. The largest absolute Gasteiger partial charge is 0.493 e. The lowest BCUT2D eigenvalue weighted by atomic mass is 9.87. The second-order valence-electron chi connectivity index (χ2n) is 10.7. The van der Waals surface area contributed by atoms with Gasteiger partial charge in [-0.25, -0.2) is 4.79 Å². The van der Waals surface area contributed by atoms with Crippen LogP contribution in [0, 0.1) is 0 Å². The number of carbonyl (C=O) groups is 2. The van der Waals surface area contributed by atoms with E-state index in [1.807, 2.05) is 37.3 Å². The van der Waals surface area contributed by atoms with Crippen LogP contribution in [0.2, 0.25) is 0 Å². The number of hydrogen-bond donors (Lipinski definition) is 1. The Balaban J connectivity index is 1.16. The van der Waals surface area contributed by atoms with Gasteiger partial charge in [0.1, 0.15) is 11.3 Å². The number of unbranched alkanes of at least 4 members (excludes halogenated alkanes) is 1. The Morgan fingerprint density at radius 1 is 1.00 bits per heavy atom. The molecule has 0 saturated carbocycles. The summed E-state index contributed by atoms with van der Waals surface area (Å²) in [6, 6.07) is 18.2. The summed E-state index contributed by atoms with van der Waals surface area (Å²) in [5, 5.41) is 3.15. The van der Waals surface area contributed by atoms with Gasteiger partial charge in [0.2, 0.25) is 6.79 Å². The minimum Gasteiger partial charge on any atom is -0.493 e. The van der Waals surface area contributed by atoms with Crippen molar-refractivity contribution in [3.63, 3.8) is 0 Å². The molecule has 2 aliphatic heterocycles. The van der Waals surface area contributed by atoms with Gasteiger partial charge in [0, 0.05) is 30.1 Å². The molecule has 3 amide bonds. The molecule has 0 radical (unpaired) electrons. The van der Waals surface area contributed by atoms with E-state index in [4.69, 9.17) is 14.2 Å². The summed E-state index contributed by atoms with van der Waals surface area (Å²) in [5.74, 6) is 1.09. The van der Waals surface area contributed by atoms with Crippen LogP contribution in [0.3, 0.4) is 0 Å². The second-order valence-corrected chi connectivity index (χ2v) is 10.7. The van der Waals surface area contributed by atoms with Gasteiger partial charge in [0.15, 0.2) is 11.5 Å². The van der Waals surface area contributed by atoms with E-state index in [1.165, 1.54) is 17.2 Å². The van der Waals surface area contributed by atoms with Gasteiger partial charge in [-0.05, 0) is 54.7 Å². The van der Waals surface area contributed by atoms with E-state index >= 15 is 0 Å². The highest BCUT2D eigenvalue weighted by atomic mass is 19.4.